The number of nitrogens with one attached hydrogen (secondary N) is 2. The summed E-state index contributed by atoms with van der Waals surface area (Å²) < 4.78 is 53.2. The average molecular weight is 686 g/mol. The van der Waals surface area contributed by atoms with E-state index in [4.69, 9.17) is 19.6 Å². The molecule has 4 aromatic rings. The molecule has 0 fully saturated rings. The lowest BCUT2D eigenvalue weighted by molar-refractivity contribution is -0.138. The number of aliphatic hydroxyl groups is 1. The molecule has 0 aliphatic carbocycles. The van der Waals surface area contributed by atoms with Gasteiger partial charge in [0.05, 0.1) is 12.2 Å². The van der Waals surface area contributed by atoms with E-state index in [0.717, 1.165) is 6.07 Å². The van der Waals surface area contributed by atoms with Crippen LogP contribution in [-0.4, -0.2) is 35.7 Å². The number of benzene rings is 4. The second-order valence-corrected chi connectivity index (χ2v) is 11.0. The zero-order valence-corrected chi connectivity index (χ0v) is 26.3. The van der Waals surface area contributed by atoms with Crippen molar-refractivity contribution < 1.29 is 32.5 Å². The summed E-state index contributed by atoms with van der Waals surface area (Å²) in [5.41, 5.74) is 22.4. The molecule has 0 saturated carbocycles. The molecule has 0 spiro atoms. The molecule has 0 unspecified atom stereocenters. The first-order valence-corrected chi connectivity index (χ1v) is 15.3. The molecule has 0 bridgehead atoms. The van der Waals surface area contributed by atoms with Crippen molar-refractivity contribution in [3.8, 4) is 5.75 Å². The van der Waals surface area contributed by atoms with Gasteiger partial charge in [0, 0.05) is 58.3 Å². The SMILES string of the molecule is [N-]=[N+]=Nc1ccccc1C[C@]1(C(=O)NNCc2ccccc2C(F)(F)F)N=C(c2ccc(OCCCO)cc2)O[C@H]1c1ccccc1N=[N+]=[N-]. The highest BCUT2D eigenvalue weighted by Crippen LogP contribution is 2.46. The van der Waals surface area contributed by atoms with Gasteiger partial charge in [0.1, 0.15) is 5.75 Å². The van der Waals surface area contributed by atoms with E-state index in [1.54, 1.807) is 66.7 Å². The van der Waals surface area contributed by atoms with Gasteiger partial charge in [-0.3, -0.25) is 10.2 Å². The van der Waals surface area contributed by atoms with E-state index < -0.39 is 29.3 Å². The second kappa shape index (κ2) is 15.9. The average Bonchev–Trinajstić information content (AvgIpc) is 3.50. The first kappa shape index (κ1) is 35.3. The van der Waals surface area contributed by atoms with Crippen LogP contribution in [0.5, 0.6) is 5.75 Å². The zero-order chi connectivity index (χ0) is 35.6. The molecule has 0 saturated heterocycles. The van der Waals surface area contributed by atoms with Crippen LogP contribution in [0.3, 0.4) is 0 Å². The van der Waals surface area contributed by atoms with Gasteiger partial charge < -0.3 is 14.6 Å². The van der Waals surface area contributed by atoms with Crippen molar-refractivity contribution in [1.29, 1.82) is 0 Å². The van der Waals surface area contributed by atoms with E-state index >= 15 is 0 Å². The number of hydrazine groups is 1. The van der Waals surface area contributed by atoms with E-state index in [9.17, 15) is 29.0 Å². The van der Waals surface area contributed by atoms with Crippen molar-refractivity contribution in [1.82, 2.24) is 10.9 Å². The predicted molar refractivity (Wildman–Crippen MR) is 177 cm³/mol. The molecule has 0 radical (unpaired) electrons. The van der Waals surface area contributed by atoms with Crippen LogP contribution >= 0.6 is 0 Å². The summed E-state index contributed by atoms with van der Waals surface area (Å²) in [6.45, 7) is -0.125. The summed E-state index contributed by atoms with van der Waals surface area (Å²) in [5, 5.41) is 16.6. The Morgan fingerprint density at radius 2 is 1.56 bits per heavy atom. The molecular weight excluding hydrogens is 655 g/mol. The minimum absolute atomic E-state index is 0.0297. The Bertz CT molecular complexity index is 1960. The van der Waals surface area contributed by atoms with E-state index in [1.165, 1.54) is 24.3 Å². The number of nitrogens with zero attached hydrogens (tertiary/aromatic N) is 7. The number of alkyl halides is 3. The Labute approximate surface area is 283 Å². The second-order valence-electron chi connectivity index (χ2n) is 11.0. The molecule has 1 aliphatic rings. The van der Waals surface area contributed by atoms with Gasteiger partial charge in [-0.05, 0) is 52.5 Å². The number of carbonyl (C=O) groups excluding carboxylic acids is 1. The number of aliphatic hydroxyl groups excluding tert-OH is 1. The number of carbonyl (C=O) groups is 1. The molecule has 256 valence electrons. The third-order valence-electron chi connectivity index (χ3n) is 7.81. The van der Waals surface area contributed by atoms with E-state index in [-0.39, 0.29) is 42.4 Å². The summed E-state index contributed by atoms with van der Waals surface area (Å²) in [6.07, 6.45) is -5.64. The molecule has 4 aromatic carbocycles. The van der Waals surface area contributed by atoms with Gasteiger partial charge in [0.15, 0.2) is 11.6 Å². The topological polar surface area (TPSA) is 190 Å². The molecule has 3 N–H and O–H groups in total. The molecule has 13 nitrogen and oxygen atoms in total. The molecule has 50 heavy (non-hydrogen) atoms. The first-order valence-electron chi connectivity index (χ1n) is 15.3. The molecule has 1 aliphatic heterocycles. The quantitative estimate of drug-likeness (QED) is 0.0403. The Hall–Kier alpha value is -6.05. The van der Waals surface area contributed by atoms with Crippen molar-refractivity contribution in [2.45, 2.75) is 37.2 Å². The summed E-state index contributed by atoms with van der Waals surface area (Å²) >= 11 is 0. The van der Waals surface area contributed by atoms with Gasteiger partial charge in [0.25, 0.3) is 5.91 Å². The van der Waals surface area contributed by atoms with Crippen molar-refractivity contribution in [3.63, 3.8) is 0 Å². The van der Waals surface area contributed by atoms with Crippen LogP contribution in [0.2, 0.25) is 0 Å². The maximum Gasteiger partial charge on any atom is 0.416 e. The maximum absolute atomic E-state index is 14.5. The van der Waals surface area contributed by atoms with Crippen molar-refractivity contribution in [3.05, 3.63) is 146 Å². The van der Waals surface area contributed by atoms with Gasteiger partial charge in [-0.2, -0.15) is 13.2 Å². The number of azide groups is 2. The van der Waals surface area contributed by atoms with Crippen molar-refractivity contribution >= 4 is 23.2 Å². The van der Waals surface area contributed by atoms with Crippen molar-refractivity contribution in [2.75, 3.05) is 13.2 Å². The van der Waals surface area contributed by atoms with Gasteiger partial charge >= 0.3 is 6.18 Å². The fourth-order valence-corrected chi connectivity index (χ4v) is 5.48. The molecule has 0 aromatic heterocycles. The number of ether oxygens (including phenoxy) is 2. The Kier molecular flexibility index (Phi) is 11.2. The maximum atomic E-state index is 14.5. The lowest BCUT2D eigenvalue weighted by atomic mass is 9.81. The minimum Gasteiger partial charge on any atom is -0.494 e. The smallest absolute Gasteiger partial charge is 0.416 e. The van der Waals surface area contributed by atoms with Gasteiger partial charge in [-0.1, -0.05) is 77.0 Å². The molecular formula is C34H30F3N9O4. The van der Waals surface area contributed by atoms with Crippen LogP contribution in [0.4, 0.5) is 24.5 Å². The first-order chi connectivity index (χ1) is 24.2. The van der Waals surface area contributed by atoms with Crippen molar-refractivity contribution in [2.24, 2.45) is 15.2 Å². The molecule has 16 heteroatoms. The number of halogens is 3. The normalized spacial score (nSPS) is 16.7. The monoisotopic (exact) mass is 685 g/mol. The highest BCUT2D eigenvalue weighted by Gasteiger charge is 2.54. The lowest BCUT2D eigenvalue weighted by Crippen LogP contribution is -2.53. The predicted octanol–water partition coefficient (Wildman–Crippen LogP) is 7.67. The standard InChI is InChI=1S/C34H30F3N9O4/c35-34(36,37)27-11-4-1-9-24(27)21-40-44-32(48)33(20-23-8-2-5-12-28(23)42-45-38)30(26-10-3-6-13-29(26)43-46-39)50-31(41-33)22-14-16-25(17-15-22)49-19-7-18-47/h1-6,8-17,30,40,47H,7,18-21H2,(H,44,48)/t30-,33-/m0/s1. The largest absolute Gasteiger partial charge is 0.494 e. The highest BCUT2D eigenvalue weighted by molar-refractivity contribution is 6.01. The van der Waals surface area contributed by atoms with Crippen LogP contribution in [0.1, 0.15) is 40.3 Å². The van der Waals surface area contributed by atoms with Gasteiger partial charge in [-0.15, -0.1) is 0 Å². The van der Waals surface area contributed by atoms with Crippen LogP contribution < -0.4 is 15.6 Å². The fourth-order valence-electron chi connectivity index (χ4n) is 5.48. The molecule has 2 atom stereocenters. The Balaban J connectivity index is 1.61. The number of rotatable bonds is 14. The molecule has 1 amide bonds. The zero-order valence-electron chi connectivity index (χ0n) is 26.3. The lowest BCUT2D eigenvalue weighted by Gasteiger charge is -2.32. The number of hydrogen-bond donors (Lipinski definition) is 3. The summed E-state index contributed by atoms with van der Waals surface area (Å²) in [6, 6.07) is 24.6. The number of hydrogen-bond acceptors (Lipinski definition) is 8. The number of aliphatic imine (C=N–C) groups is 1. The Morgan fingerprint density at radius 1 is 0.920 bits per heavy atom. The third kappa shape index (κ3) is 7.97. The van der Waals surface area contributed by atoms with Crippen LogP contribution in [-0.2, 0) is 28.7 Å². The van der Waals surface area contributed by atoms with Crippen LogP contribution in [0, 0.1) is 0 Å². The summed E-state index contributed by atoms with van der Waals surface area (Å²) in [7, 11) is 0. The van der Waals surface area contributed by atoms with Crippen LogP contribution in [0.25, 0.3) is 20.9 Å². The Morgan fingerprint density at radius 3 is 2.26 bits per heavy atom. The van der Waals surface area contributed by atoms with E-state index in [1.807, 2.05) is 0 Å². The van der Waals surface area contributed by atoms with Gasteiger partial charge in [0.2, 0.25) is 5.90 Å². The van der Waals surface area contributed by atoms with E-state index in [2.05, 4.69) is 30.9 Å². The summed E-state index contributed by atoms with van der Waals surface area (Å²) in [5.74, 6) is -0.245. The molecule has 5 rings (SSSR count). The van der Waals surface area contributed by atoms with Gasteiger partial charge in [-0.25, -0.2) is 10.4 Å². The number of amides is 1. The summed E-state index contributed by atoms with van der Waals surface area (Å²) in [4.78, 5) is 25.2. The molecule has 1 heterocycles. The third-order valence-corrected chi connectivity index (χ3v) is 7.81. The minimum atomic E-state index is -4.62. The van der Waals surface area contributed by atoms with E-state index in [0.29, 0.717) is 35.5 Å². The van der Waals surface area contributed by atoms with Crippen LogP contribution in [0.15, 0.2) is 112 Å². The fraction of sp³-hybridized carbons (Fsp3) is 0.235. The highest BCUT2D eigenvalue weighted by atomic mass is 19.4.